The van der Waals surface area contributed by atoms with Gasteiger partial charge in [0.2, 0.25) is 0 Å². The Balaban J connectivity index is 0.000000185. The second-order valence-corrected chi connectivity index (χ2v) is 4.64. The molecule has 0 saturated heterocycles. The van der Waals surface area contributed by atoms with Gasteiger partial charge in [-0.1, -0.05) is 48.5 Å². The van der Waals surface area contributed by atoms with E-state index in [-0.39, 0.29) is 0 Å². The van der Waals surface area contributed by atoms with Crippen LogP contribution in [0.1, 0.15) is 0 Å². The van der Waals surface area contributed by atoms with Gasteiger partial charge in [0, 0.05) is 0 Å². The van der Waals surface area contributed by atoms with E-state index >= 15 is 0 Å². The van der Waals surface area contributed by atoms with Crippen molar-refractivity contribution in [2.75, 3.05) is 0 Å². The monoisotopic (exact) mass is 264 g/mol. The van der Waals surface area contributed by atoms with Crippen LogP contribution in [0, 0.1) is 0 Å². The first-order chi connectivity index (χ1) is 8.31. The zero-order valence-corrected chi connectivity index (χ0v) is 10.0. The first-order valence-corrected chi connectivity index (χ1v) is 6.54. The molecule has 2 aromatic rings. The zero-order valence-electron chi connectivity index (χ0n) is 8.75. The van der Waals surface area contributed by atoms with Crippen molar-refractivity contribution in [1.82, 2.24) is 0 Å². The van der Waals surface area contributed by atoms with Gasteiger partial charge in [-0.05, 0) is 10.8 Å². The molecule has 0 spiro atoms. The maximum absolute atomic E-state index is 9.37. The third kappa shape index (κ3) is 4.15. The molecular weight excluding hydrogens is 256 g/mol. The minimum atomic E-state index is -2.47. The van der Waals surface area contributed by atoms with Crippen LogP contribution in [-0.4, -0.2) is 14.2 Å². The van der Waals surface area contributed by atoms with Gasteiger partial charge >= 0.3 is 41.5 Å². The van der Waals surface area contributed by atoms with Crippen molar-refractivity contribution in [2.24, 2.45) is 0 Å². The van der Waals surface area contributed by atoms with Crippen molar-refractivity contribution in [3.8, 4) is 0 Å². The largest absolute Gasteiger partial charge is 0.0616 e. The van der Waals surface area contributed by atoms with Crippen molar-refractivity contribution >= 4 is 25.0 Å². The molecule has 0 aliphatic heterocycles. The third-order valence-electron chi connectivity index (χ3n) is 1.91. The van der Waals surface area contributed by atoms with E-state index in [1.807, 2.05) is 0 Å². The standard InChI is InChI=1S/C10H8.3CO.Cr/c1-2-6-10-8-4-3-7-9(10)5-1;3*1-2;/h1-8H;;;;. The predicted molar refractivity (Wildman–Crippen MR) is 61.0 cm³/mol. The van der Waals surface area contributed by atoms with Crippen LogP contribution in [-0.2, 0) is 27.2 Å². The molecule has 0 unspecified atom stereocenters. The predicted octanol–water partition coefficient (Wildman–Crippen LogP) is 1.65. The molecule has 0 heterocycles. The van der Waals surface area contributed by atoms with Crippen LogP contribution in [0.4, 0.5) is 0 Å². The van der Waals surface area contributed by atoms with Gasteiger partial charge in [-0.25, -0.2) is 0 Å². The molecule has 0 N–H and O–H groups in total. The second-order valence-electron chi connectivity index (χ2n) is 2.90. The molecule has 0 aliphatic rings. The minimum absolute atomic E-state index is 1.23. The molecule has 84 valence electrons. The number of hydrogen-bond acceptors (Lipinski definition) is 3. The van der Waals surface area contributed by atoms with Gasteiger partial charge in [0.15, 0.2) is 0 Å². The maximum Gasteiger partial charge on any atom is -0.0184 e. The number of fused-ring (bicyclic) bond motifs is 1. The SMILES string of the molecule is O=[C]=[Cr](=[C]=O)=[C]=O.c1ccc2ccccc2c1. The molecule has 0 fully saturated rings. The Morgan fingerprint density at radius 1 is 0.647 bits per heavy atom. The van der Waals surface area contributed by atoms with E-state index < -0.39 is 12.8 Å². The fourth-order valence-corrected chi connectivity index (χ4v) is 1.34. The van der Waals surface area contributed by atoms with Gasteiger partial charge in [-0.3, -0.25) is 0 Å². The molecule has 4 heteroatoms. The van der Waals surface area contributed by atoms with Gasteiger partial charge in [0.25, 0.3) is 0 Å². The Bertz CT molecular complexity index is 617. The summed E-state index contributed by atoms with van der Waals surface area (Å²) >= 11 is -2.47. The van der Waals surface area contributed by atoms with Crippen molar-refractivity contribution in [2.45, 2.75) is 0 Å². The normalized spacial score (nSPS) is 8.00. The average Bonchev–Trinajstić information content (AvgIpc) is 2.42. The molecule has 2 rings (SSSR count). The van der Waals surface area contributed by atoms with Crippen LogP contribution in [0.3, 0.4) is 0 Å². The number of hydrogen-bond donors (Lipinski definition) is 0. The fourth-order valence-electron chi connectivity index (χ4n) is 1.18. The van der Waals surface area contributed by atoms with Crippen molar-refractivity contribution < 1.29 is 27.2 Å². The van der Waals surface area contributed by atoms with Crippen LogP contribution >= 0.6 is 0 Å². The molecule has 0 radical (unpaired) electrons. The summed E-state index contributed by atoms with van der Waals surface area (Å²) < 4.78 is 3.69. The molecule has 0 aliphatic carbocycles. The average molecular weight is 264 g/mol. The summed E-state index contributed by atoms with van der Waals surface area (Å²) in [5, 5.41) is 2.62. The van der Waals surface area contributed by atoms with Crippen LogP contribution in [0.2, 0.25) is 0 Å². The summed E-state index contributed by atoms with van der Waals surface area (Å²) in [6.45, 7) is 0. The molecule has 2 aromatic carbocycles. The van der Waals surface area contributed by atoms with Gasteiger partial charge in [-0.15, -0.1) is 0 Å². The maximum atomic E-state index is 9.37. The van der Waals surface area contributed by atoms with E-state index in [1.54, 1.807) is 0 Å². The first kappa shape index (κ1) is 13.0. The van der Waals surface area contributed by atoms with Crippen molar-refractivity contribution in [1.29, 1.82) is 0 Å². The quantitative estimate of drug-likeness (QED) is 0.727. The number of carbonyl (C=O) groups excluding carboxylic acids is 3. The minimum Gasteiger partial charge on any atom is -0.0616 e. The topological polar surface area (TPSA) is 51.2 Å². The molecule has 0 bridgehead atoms. The smallest absolute Gasteiger partial charge is 0.0184 e. The van der Waals surface area contributed by atoms with Crippen molar-refractivity contribution in [3.63, 3.8) is 0 Å². The van der Waals surface area contributed by atoms with Gasteiger partial charge in [-0.2, -0.15) is 0 Å². The third-order valence-corrected chi connectivity index (χ3v) is 2.69. The Hall–Kier alpha value is -2.03. The summed E-state index contributed by atoms with van der Waals surface area (Å²) in [6, 6.07) is 16.7. The van der Waals surface area contributed by atoms with E-state index in [0.29, 0.717) is 0 Å². The van der Waals surface area contributed by atoms with E-state index in [0.717, 1.165) is 0 Å². The van der Waals surface area contributed by atoms with Crippen LogP contribution < -0.4 is 0 Å². The Labute approximate surface area is 101 Å². The van der Waals surface area contributed by atoms with E-state index in [2.05, 4.69) is 48.5 Å². The summed E-state index contributed by atoms with van der Waals surface area (Å²) in [7, 11) is 0. The van der Waals surface area contributed by atoms with Crippen molar-refractivity contribution in [3.05, 3.63) is 48.5 Å². The summed E-state index contributed by atoms with van der Waals surface area (Å²) in [4.78, 5) is 28.1. The molecular formula is C13H8CrO3. The van der Waals surface area contributed by atoms with E-state index in [1.165, 1.54) is 25.0 Å². The summed E-state index contributed by atoms with van der Waals surface area (Å²) in [5.41, 5.74) is 0. The van der Waals surface area contributed by atoms with Gasteiger partial charge < -0.3 is 0 Å². The number of rotatable bonds is 0. The molecule has 3 nitrogen and oxygen atoms in total. The van der Waals surface area contributed by atoms with Crippen LogP contribution in [0.25, 0.3) is 10.8 Å². The first-order valence-electron chi connectivity index (χ1n) is 4.63. The molecule has 0 saturated carbocycles. The molecule has 17 heavy (non-hydrogen) atoms. The van der Waals surface area contributed by atoms with E-state index in [9.17, 15) is 14.4 Å². The number of benzene rings is 2. The van der Waals surface area contributed by atoms with E-state index in [4.69, 9.17) is 0 Å². The van der Waals surface area contributed by atoms with Gasteiger partial charge in [0.1, 0.15) is 0 Å². The summed E-state index contributed by atoms with van der Waals surface area (Å²) in [5.74, 6) is 0. The Kier molecular flexibility index (Phi) is 5.58. The zero-order chi connectivity index (χ0) is 12.5. The molecule has 0 aromatic heterocycles. The fraction of sp³-hybridized carbons (Fsp3) is 0. The van der Waals surface area contributed by atoms with Crippen LogP contribution in [0.15, 0.2) is 48.5 Å². The van der Waals surface area contributed by atoms with Gasteiger partial charge in [0.05, 0.1) is 0 Å². The molecule has 0 atom stereocenters. The Morgan fingerprint density at radius 3 is 1.12 bits per heavy atom. The molecule has 0 amide bonds. The Morgan fingerprint density at radius 2 is 0.941 bits per heavy atom. The second kappa shape index (κ2) is 7.28. The summed E-state index contributed by atoms with van der Waals surface area (Å²) in [6.07, 6.45) is 0. The van der Waals surface area contributed by atoms with Crippen LogP contribution in [0.5, 0.6) is 0 Å².